The highest BCUT2D eigenvalue weighted by Crippen LogP contribution is 2.41. The van der Waals surface area contributed by atoms with E-state index < -0.39 is 14.6 Å². The first-order valence-electron chi connectivity index (χ1n) is 6.89. The minimum absolute atomic E-state index is 0.108. The van der Waals surface area contributed by atoms with Gasteiger partial charge in [-0.3, -0.25) is 0 Å². The molecule has 2 rings (SSSR count). The predicted molar refractivity (Wildman–Crippen MR) is 78.8 cm³/mol. The zero-order valence-electron chi connectivity index (χ0n) is 12.2. The largest absolute Gasteiger partial charge is 0.308 e. The van der Waals surface area contributed by atoms with E-state index in [1.54, 1.807) is 26.0 Å². The number of nitrogens with one attached hydrogen (secondary N) is 1. The average molecular weight is 299 g/mol. The van der Waals surface area contributed by atoms with Crippen molar-refractivity contribution in [2.75, 3.05) is 12.8 Å². The number of hydrogen-bond acceptors (Lipinski definition) is 3. The molecule has 0 aliphatic heterocycles. The van der Waals surface area contributed by atoms with Gasteiger partial charge in [0.15, 0.2) is 9.84 Å². The lowest BCUT2D eigenvalue weighted by Gasteiger charge is -2.27. The Bertz CT molecular complexity index is 562. The van der Waals surface area contributed by atoms with E-state index in [1.807, 2.05) is 0 Å². The smallest absolute Gasteiger partial charge is 0.153 e. The molecule has 1 aliphatic carbocycles. The predicted octanol–water partition coefficient (Wildman–Crippen LogP) is 2.69. The molecule has 1 aromatic carbocycles. The van der Waals surface area contributed by atoms with Crippen molar-refractivity contribution in [1.29, 1.82) is 0 Å². The maximum absolute atomic E-state index is 13.0. The molecule has 5 heteroatoms. The number of halogens is 1. The number of hydrogen-bond donors (Lipinski definition) is 1. The molecule has 1 atom stereocenters. The second kappa shape index (κ2) is 5.45. The summed E-state index contributed by atoms with van der Waals surface area (Å²) in [5, 5.41) is 3.36. The van der Waals surface area contributed by atoms with E-state index in [1.165, 1.54) is 18.4 Å². The fraction of sp³-hybridized carbons (Fsp3) is 0.600. The standard InChI is InChI=1S/C15H22FNO2S/c1-15(2,20(3,18)19)10-17-14(11-4-5-11)12-6-8-13(16)9-7-12/h6-9,11,14,17H,4-5,10H2,1-3H3. The Labute approximate surface area is 120 Å². The summed E-state index contributed by atoms with van der Waals surface area (Å²) in [6.07, 6.45) is 3.53. The topological polar surface area (TPSA) is 46.2 Å². The van der Waals surface area contributed by atoms with Crippen molar-refractivity contribution >= 4 is 9.84 Å². The van der Waals surface area contributed by atoms with Crippen LogP contribution in [-0.2, 0) is 9.84 Å². The third-order valence-electron chi connectivity index (χ3n) is 4.07. The first kappa shape index (κ1) is 15.4. The second-order valence-electron chi connectivity index (χ2n) is 6.28. The molecule has 0 bridgehead atoms. The van der Waals surface area contributed by atoms with Gasteiger partial charge in [0.1, 0.15) is 5.82 Å². The van der Waals surface area contributed by atoms with Crippen molar-refractivity contribution in [2.45, 2.75) is 37.5 Å². The van der Waals surface area contributed by atoms with Crippen LogP contribution in [0.3, 0.4) is 0 Å². The second-order valence-corrected chi connectivity index (χ2v) is 8.93. The summed E-state index contributed by atoms with van der Waals surface area (Å²) >= 11 is 0. The van der Waals surface area contributed by atoms with Gasteiger partial charge in [0.25, 0.3) is 0 Å². The fourth-order valence-corrected chi connectivity index (χ4v) is 2.49. The van der Waals surface area contributed by atoms with Crippen LogP contribution in [0.1, 0.15) is 38.3 Å². The first-order valence-corrected chi connectivity index (χ1v) is 8.78. The van der Waals surface area contributed by atoms with Crippen LogP contribution in [0, 0.1) is 11.7 Å². The van der Waals surface area contributed by atoms with Gasteiger partial charge in [0, 0.05) is 18.8 Å². The lowest BCUT2D eigenvalue weighted by atomic mass is 10.0. The summed E-state index contributed by atoms with van der Waals surface area (Å²) in [6, 6.07) is 6.57. The average Bonchev–Trinajstić information content (AvgIpc) is 3.14. The Kier molecular flexibility index (Phi) is 4.21. The minimum Gasteiger partial charge on any atom is -0.308 e. The number of sulfone groups is 1. The Morgan fingerprint density at radius 3 is 2.30 bits per heavy atom. The van der Waals surface area contributed by atoms with Crippen molar-refractivity contribution in [3.63, 3.8) is 0 Å². The van der Waals surface area contributed by atoms with Crippen molar-refractivity contribution in [3.05, 3.63) is 35.6 Å². The zero-order chi connectivity index (χ0) is 15.0. The molecule has 20 heavy (non-hydrogen) atoms. The van der Waals surface area contributed by atoms with E-state index in [0.717, 1.165) is 18.4 Å². The molecular formula is C15H22FNO2S. The van der Waals surface area contributed by atoms with E-state index in [-0.39, 0.29) is 11.9 Å². The highest BCUT2D eigenvalue weighted by atomic mass is 32.2. The molecule has 1 aliphatic rings. The third-order valence-corrected chi connectivity index (χ3v) is 6.23. The molecule has 0 radical (unpaired) electrons. The third kappa shape index (κ3) is 3.58. The Balaban J connectivity index is 2.10. The Morgan fingerprint density at radius 2 is 1.85 bits per heavy atom. The highest BCUT2D eigenvalue weighted by Gasteiger charge is 2.36. The van der Waals surface area contributed by atoms with E-state index in [0.29, 0.717) is 12.5 Å². The van der Waals surface area contributed by atoms with Gasteiger partial charge in [-0.05, 0) is 50.3 Å². The maximum Gasteiger partial charge on any atom is 0.153 e. The van der Waals surface area contributed by atoms with E-state index in [4.69, 9.17) is 0 Å². The molecule has 0 spiro atoms. The molecule has 1 fully saturated rings. The molecule has 1 saturated carbocycles. The van der Waals surface area contributed by atoms with Crippen LogP contribution >= 0.6 is 0 Å². The van der Waals surface area contributed by atoms with E-state index in [2.05, 4.69) is 5.32 Å². The van der Waals surface area contributed by atoms with Gasteiger partial charge in [0.05, 0.1) is 4.75 Å². The lowest BCUT2D eigenvalue weighted by molar-refractivity contribution is 0.440. The van der Waals surface area contributed by atoms with E-state index >= 15 is 0 Å². The number of benzene rings is 1. The molecule has 0 aromatic heterocycles. The van der Waals surface area contributed by atoms with Gasteiger partial charge >= 0.3 is 0 Å². The minimum atomic E-state index is -3.11. The van der Waals surface area contributed by atoms with Crippen molar-refractivity contribution in [1.82, 2.24) is 5.32 Å². The van der Waals surface area contributed by atoms with Crippen LogP contribution in [0.4, 0.5) is 4.39 Å². The Morgan fingerprint density at radius 1 is 1.30 bits per heavy atom. The Hall–Kier alpha value is -0.940. The van der Waals surface area contributed by atoms with Crippen LogP contribution in [0.5, 0.6) is 0 Å². The lowest BCUT2D eigenvalue weighted by Crippen LogP contribution is -2.43. The first-order chi connectivity index (χ1) is 9.21. The van der Waals surface area contributed by atoms with Gasteiger partial charge < -0.3 is 5.32 Å². The van der Waals surface area contributed by atoms with Crippen LogP contribution in [0.15, 0.2) is 24.3 Å². The quantitative estimate of drug-likeness (QED) is 0.878. The fourth-order valence-electron chi connectivity index (χ4n) is 2.14. The van der Waals surface area contributed by atoms with Crippen LogP contribution < -0.4 is 5.32 Å². The summed E-state index contributed by atoms with van der Waals surface area (Å²) in [5.74, 6) is 0.274. The molecule has 112 valence electrons. The van der Waals surface area contributed by atoms with Crippen LogP contribution in [0.25, 0.3) is 0 Å². The van der Waals surface area contributed by atoms with E-state index in [9.17, 15) is 12.8 Å². The highest BCUT2D eigenvalue weighted by molar-refractivity contribution is 7.92. The summed E-state index contributed by atoms with van der Waals surface area (Å²) in [5.41, 5.74) is 1.03. The van der Waals surface area contributed by atoms with Crippen LogP contribution in [0.2, 0.25) is 0 Å². The van der Waals surface area contributed by atoms with Gasteiger partial charge in [-0.2, -0.15) is 0 Å². The molecule has 1 aromatic rings. The summed E-state index contributed by atoms with van der Waals surface area (Å²) < 4.78 is 35.7. The molecule has 0 amide bonds. The molecular weight excluding hydrogens is 277 g/mol. The SMILES string of the molecule is CC(C)(CNC(c1ccc(F)cc1)C1CC1)S(C)(=O)=O. The molecule has 0 saturated heterocycles. The maximum atomic E-state index is 13.0. The van der Waals surface area contributed by atoms with Gasteiger partial charge in [-0.25, -0.2) is 12.8 Å². The summed E-state index contributed by atoms with van der Waals surface area (Å²) in [4.78, 5) is 0. The molecule has 1 N–H and O–H groups in total. The molecule has 0 heterocycles. The van der Waals surface area contributed by atoms with Crippen molar-refractivity contribution in [3.8, 4) is 0 Å². The van der Waals surface area contributed by atoms with Crippen LogP contribution in [-0.4, -0.2) is 26.0 Å². The normalized spacial score (nSPS) is 18.0. The molecule has 3 nitrogen and oxygen atoms in total. The monoisotopic (exact) mass is 299 g/mol. The van der Waals surface area contributed by atoms with Gasteiger partial charge in [-0.15, -0.1) is 0 Å². The van der Waals surface area contributed by atoms with Gasteiger partial charge in [0.2, 0.25) is 0 Å². The summed E-state index contributed by atoms with van der Waals surface area (Å²) in [7, 11) is -3.11. The van der Waals surface area contributed by atoms with Gasteiger partial charge in [-0.1, -0.05) is 12.1 Å². The number of rotatable bonds is 6. The zero-order valence-corrected chi connectivity index (χ0v) is 13.0. The van der Waals surface area contributed by atoms with Crippen molar-refractivity contribution in [2.24, 2.45) is 5.92 Å². The molecule has 1 unspecified atom stereocenters. The summed E-state index contributed by atoms with van der Waals surface area (Å²) in [6.45, 7) is 3.85. The van der Waals surface area contributed by atoms with Crippen molar-refractivity contribution < 1.29 is 12.8 Å².